The van der Waals surface area contributed by atoms with E-state index >= 15 is 0 Å². The molecule has 0 unspecified atom stereocenters. The Hall–Kier alpha value is -2.01. The molecule has 0 heterocycles. The summed E-state index contributed by atoms with van der Waals surface area (Å²) < 4.78 is 5.14. The largest absolute Gasteiger partial charge is 0.506 e. The number of ether oxygens (including phenoxy) is 1. The van der Waals surface area contributed by atoms with Crippen LogP contribution in [0.2, 0.25) is 5.02 Å². The number of amides is 1. The second kappa shape index (κ2) is 9.90. The number of hydrogen-bond donors (Lipinski definition) is 2. The number of phenolic OH excluding ortho intramolecular Hbond substituents is 1. The number of unbranched alkanes of at least 4 members (excludes halogenated alkanes) is 3. The fraction of sp³-hybridized carbons (Fsp3) is 0.412. The van der Waals surface area contributed by atoms with Crippen LogP contribution in [0.1, 0.15) is 43.0 Å². The third-order valence-corrected chi connectivity index (χ3v) is 3.46. The molecule has 1 aromatic carbocycles. The van der Waals surface area contributed by atoms with Gasteiger partial charge in [-0.1, -0.05) is 24.6 Å². The molecule has 1 amide bonds. The number of benzene rings is 1. The standard InChI is InChI=1S/C17H22ClNO4/c1-12(2)16(21)19-9-5-3-4-6-10-23-17(22)13-7-8-15(20)14(18)11-13/h7-8,11,20H,1,3-6,9-10H2,2H3,(H,19,21). The molecule has 0 fully saturated rings. The van der Waals surface area contributed by atoms with Crippen LogP contribution in [0.4, 0.5) is 0 Å². The van der Waals surface area contributed by atoms with Crippen LogP contribution in [0.15, 0.2) is 30.4 Å². The predicted octanol–water partition coefficient (Wildman–Crippen LogP) is 3.46. The lowest BCUT2D eigenvalue weighted by Gasteiger charge is -2.06. The molecule has 0 aliphatic carbocycles. The number of carbonyl (C=O) groups is 2. The Morgan fingerprint density at radius 3 is 2.61 bits per heavy atom. The second-order valence-electron chi connectivity index (χ2n) is 5.25. The molecule has 0 saturated carbocycles. The summed E-state index contributed by atoms with van der Waals surface area (Å²) in [5.41, 5.74) is 0.821. The first-order valence-electron chi connectivity index (χ1n) is 7.51. The number of phenols is 1. The van der Waals surface area contributed by atoms with Gasteiger partial charge in [-0.15, -0.1) is 0 Å². The van der Waals surface area contributed by atoms with Crippen LogP contribution in [-0.2, 0) is 9.53 Å². The van der Waals surface area contributed by atoms with Crippen molar-refractivity contribution in [3.05, 3.63) is 40.9 Å². The first kappa shape index (κ1) is 19.0. The third kappa shape index (κ3) is 7.19. The van der Waals surface area contributed by atoms with Gasteiger partial charge in [0.25, 0.3) is 0 Å². The maximum Gasteiger partial charge on any atom is 0.338 e. The lowest BCUT2D eigenvalue weighted by atomic mass is 10.2. The van der Waals surface area contributed by atoms with E-state index in [9.17, 15) is 14.7 Å². The SMILES string of the molecule is C=C(C)C(=O)NCCCCCCOC(=O)c1ccc(O)c(Cl)c1. The maximum atomic E-state index is 11.8. The van der Waals surface area contributed by atoms with Gasteiger partial charge in [0.1, 0.15) is 5.75 Å². The van der Waals surface area contributed by atoms with E-state index < -0.39 is 5.97 Å². The zero-order chi connectivity index (χ0) is 17.2. The van der Waals surface area contributed by atoms with Crippen LogP contribution in [-0.4, -0.2) is 30.1 Å². The molecule has 0 aliphatic rings. The Morgan fingerprint density at radius 1 is 1.26 bits per heavy atom. The van der Waals surface area contributed by atoms with Crippen molar-refractivity contribution in [2.24, 2.45) is 0 Å². The van der Waals surface area contributed by atoms with Crippen LogP contribution in [0.5, 0.6) is 5.75 Å². The first-order chi connectivity index (χ1) is 10.9. The summed E-state index contributed by atoms with van der Waals surface area (Å²) in [5, 5.41) is 12.2. The Bertz CT molecular complexity index is 572. The highest BCUT2D eigenvalue weighted by Gasteiger charge is 2.09. The van der Waals surface area contributed by atoms with Crippen molar-refractivity contribution in [3.63, 3.8) is 0 Å². The molecule has 1 rings (SSSR count). The summed E-state index contributed by atoms with van der Waals surface area (Å²) >= 11 is 5.74. The molecule has 23 heavy (non-hydrogen) atoms. The van der Waals surface area contributed by atoms with E-state index in [1.54, 1.807) is 6.92 Å². The zero-order valence-corrected chi connectivity index (χ0v) is 14.0. The number of halogens is 1. The Labute approximate surface area is 141 Å². The molecule has 0 atom stereocenters. The first-order valence-corrected chi connectivity index (χ1v) is 7.89. The minimum absolute atomic E-state index is 0.0676. The van der Waals surface area contributed by atoms with E-state index in [-0.39, 0.29) is 16.7 Å². The number of aromatic hydroxyl groups is 1. The highest BCUT2D eigenvalue weighted by atomic mass is 35.5. The fourth-order valence-electron chi connectivity index (χ4n) is 1.82. The predicted molar refractivity (Wildman–Crippen MR) is 89.7 cm³/mol. The van der Waals surface area contributed by atoms with Crippen LogP contribution in [0.25, 0.3) is 0 Å². The van der Waals surface area contributed by atoms with Gasteiger partial charge in [0.15, 0.2) is 0 Å². The van der Waals surface area contributed by atoms with Gasteiger partial charge < -0.3 is 15.2 Å². The molecule has 0 aromatic heterocycles. The molecule has 0 spiro atoms. The van der Waals surface area contributed by atoms with E-state index in [0.717, 1.165) is 25.7 Å². The van der Waals surface area contributed by atoms with Gasteiger partial charge in [0.05, 0.1) is 17.2 Å². The van der Waals surface area contributed by atoms with Crippen LogP contribution >= 0.6 is 11.6 Å². The normalized spacial score (nSPS) is 10.2. The van der Waals surface area contributed by atoms with Gasteiger partial charge in [-0.05, 0) is 44.4 Å². The zero-order valence-electron chi connectivity index (χ0n) is 13.2. The van der Waals surface area contributed by atoms with E-state index in [1.165, 1.54) is 18.2 Å². The third-order valence-electron chi connectivity index (χ3n) is 3.16. The van der Waals surface area contributed by atoms with Crippen molar-refractivity contribution >= 4 is 23.5 Å². The topological polar surface area (TPSA) is 75.6 Å². The Balaban J connectivity index is 2.10. The molecular formula is C17H22ClNO4. The molecular weight excluding hydrogens is 318 g/mol. The molecule has 0 bridgehead atoms. The van der Waals surface area contributed by atoms with Gasteiger partial charge in [-0.2, -0.15) is 0 Å². The summed E-state index contributed by atoms with van der Waals surface area (Å²) in [6, 6.07) is 4.20. The minimum atomic E-state index is -0.458. The number of carbonyl (C=O) groups excluding carboxylic acids is 2. The summed E-state index contributed by atoms with van der Waals surface area (Å²) in [4.78, 5) is 23.0. The molecule has 0 saturated heterocycles. The molecule has 126 valence electrons. The smallest absolute Gasteiger partial charge is 0.338 e. The second-order valence-corrected chi connectivity index (χ2v) is 5.66. The van der Waals surface area contributed by atoms with E-state index in [4.69, 9.17) is 16.3 Å². The van der Waals surface area contributed by atoms with Crippen molar-refractivity contribution in [1.82, 2.24) is 5.32 Å². The summed E-state index contributed by atoms with van der Waals surface area (Å²) in [6.45, 7) is 6.19. The number of rotatable bonds is 9. The highest BCUT2D eigenvalue weighted by Crippen LogP contribution is 2.23. The Morgan fingerprint density at radius 2 is 1.96 bits per heavy atom. The van der Waals surface area contributed by atoms with Gasteiger partial charge in [0, 0.05) is 12.1 Å². The van der Waals surface area contributed by atoms with Crippen molar-refractivity contribution in [2.45, 2.75) is 32.6 Å². The summed E-state index contributed by atoms with van der Waals surface area (Å²) in [5.74, 6) is -0.644. The molecule has 6 heteroatoms. The quantitative estimate of drug-likeness (QED) is 0.410. The highest BCUT2D eigenvalue weighted by molar-refractivity contribution is 6.32. The van der Waals surface area contributed by atoms with Crippen molar-refractivity contribution in [1.29, 1.82) is 0 Å². The average Bonchev–Trinajstić information content (AvgIpc) is 2.51. The number of esters is 1. The number of nitrogens with one attached hydrogen (secondary N) is 1. The summed E-state index contributed by atoms with van der Waals surface area (Å²) in [7, 11) is 0. The molecule has 2 N–H and O–H groups in total. The van der Waals surface area contributed by atoms with Crippen molar-refractivity contribution < 1.29 is 19.4 Å². The summed E-state index contributed by atoms with van der Waals surface area (Å²) in [6.07, 6.45) is 3.48. The van der Waals surface area contributed by atoms with Gasteiger partial charge >= 0.3 is 5.97 Å². The molecule has 1 aromatic rings. The van der Waals surface area contributed by atoms with Gasteiger partial charge in [-0.3, -0.25) is 4.79 Å². The average molecular weight is 340 g/mol. The van der Waals surface area contributed by atoms with Crippen molar-refractivity contribution in [2.75, 3.05) is 13.2 Å². The van der Waals surface area contributed by atoms with Gasteiger partial charge in [-0.25, -0.2) is 4.79 Å². The van der Waals surface area contributed by atoms with Crippen LogP contribution in [0.3, 0.4) is 0 Å². The van der Waals surface area contributed by atoms with E-state index in [0.29, 0.717) is 24.3 Å². The lowest BCUT2D eigenvalue weighted by Crippen LogP contribution is -2.24. The lowest BCUT2D eigenvalue weighted by molar-refractivity contribution is -0.117. The van der Waals surface area contributed by atoms with Gasteiger partial charge in [0.2, 0.25) is 5.91 Å². The number of hydrogen-bond acceptors (Lipinski definition) is 4. The van der Waals surface area contributed by atoms with Crippen LogP contribution in [0, 0.1) is 0 Å². The van der Waals surface area contributed by atoms with E-state index in [1.807, 2.05) is 0 Å². The maximum absolute atomic E-state index is 11.8. The monoisotopic (exact) mass is 339 g/mol. The van der Waals surface area contributed by atoms with E-state index in [2.05, 4.69) is 11.9 Å². The minimum Gasteiger partial charge on any atom is -0.506 e. The molecule has 0 radical (unpaired) electrons. The fourth-order valence-corrected chi connectivity index (χ4v) is 2.00. The molecule has 0 aliphatic heterocycles. The van der Waals surface area contributed by atoms with Crippen LogP contribution < -0.4 is 5.32 Å². The molecule has 5 nitrogen and oxygen atoms in total. The Kier molecular flexibility index (Phi) is 8.19. The van der Waals surface area contributed by atoms with Crippen molar-refractivity contribution in [3.8, 4) is 5.75 Å².